The summed E-state index contributed by atoms with van der Waals surface area (Å²) >= 11 is 1.32. The number of furan rings is 1. The number of nitrogens with one attached hydrogen (secondary N) is 1. The van der Waals surface area contributed by atoms with E-state index in [4.69, 9.17) is 15.9 Å². The van der Waals surface area contributed by atoms with Crippen molar-refractivity contribution in [2.24, 2.45) is 16.5 Å². The van der Waals surface area contributed by atoms with Crippen LogP contribution in [0.5, 0.6) is 0 Å². The fraction of sp³-hybridized carbons (Fsp3) is 0.250. The van der Waals surface area contributed by atoms with Crippen LogP contribution in [0.2, 0.25) is 0 Å². The maximum absolute atomic E-state index is 11.2. The topological polar surface area (TPSA) is 120 Å². The summed E-state index contributed by atoms with van der Waals surface area (Å²) in [7, 11) is 1.61. The van der Waals surface area contributed by atoms with Gasteiger partial charge in [0.05, 0.1) is 0 Å². The van der Waals surface area contributed by atoms with Crippen molar-refractivity contribution in [3.63, 3.8) is 0 Å². The fourth-order valence-corrected chi connectivity index (χ4v) is 2.25. The molecule has 2 aromatic rings. The second-order valence-electron chi connectivity index (χ2n) is 3.99. The molecule has 2 aromatic heterocycles. The van der Waals surface area contributed by atoms with Crippen LogP contribution in [0.25, 0.3) is 11.5 Å². The van der Waals surface area contributed by atoms with Gasteiger partial charge >= 0.3 is 0 Å². The number of aryl methyl sites for hydroxylation is 1. The highest BCUT2D eigenvalue weighted by molar-refractivity contribution is 7.13. The molecule has 0 radical (unpaired) electrons. The number of thiazole rings is 1. The molecule has 5 N–H and O–H groups in total. The number of carbonyl (C=O) groups excluding carboxylic acids is 1. The number of aromatic nitrogens is 1. The van der Waals surface area contributed by atoms with E-state index in [1.165, 1.54) is 11.3 Å². The van der Waals surface area contributed by atoms with Gasteiger partial charge in [-0.2, -0.15) is 4.99 Å². The van der Waals surface area contributed by atoms with E-state index in [0.29, 0.717) is 29.4 Å². The molecule has 0 bridgehead atoms. The van der Waals surface area contributed by atoms with Crippen LogP contribution in [0.4, 0.5) is 5.13 Å². The number of nitrogens with two attached hydrogens (primary N) is 2. The number of nitrogens with zero attached hydrogens (tertiary/aromatic N) is 2. The van der Waals surface area contributed by atoms with Crippen LogP contribution in [-0.4, -0.2) is 23.9 Å². The minimum atomic E-state index is -0.0309. The second-order valence-corrected chi connectivity index (χ2v) is 4.83. The molecule has 1 amide bonds. The first-order valence-corrected chi connectivity index (χ1v) is 6.81. The number of guanidine groups is 1. The smallest absolute Gasteiger partial charge is 0.220 e. The van der Waals surface area contributed by atoms with Gasteiger partial charge in [-0.3, -0.25) is 4.79 Å². The molecule has 2 rings (SSSR count). The minimum absolute atomic E-state index is 0.0216. The van der Waals surface area contributed by atoms with E-state index in [1.807, 2.05) is 17.5 Å². The first kappa shape index (κ1) is 14.1. The summed E-state index contributed by atoms with van der Waals surface area (Å²) < 4.78 is 5.64. The Labute approximate surface area is 119 Å². The molecule has 0 saturated heterocycles. The number of aliphatic imine (C=N–C) groups is 1. The third-order valence-corrected chi connectivity index (χ3v) is 3.24. The van der Waals surface area contributed by atoms with Crippen molar-refractivity contribution in [2.45, 2.75) is 12.8 Å². The Morgan fingerprint density at radius 1 is 1.50 bits per heavy atom. The van der Waals surface area contributed by atoms with Gasteiger partial charge in [-0.15, -0.1) is 11.3 Å². The van der Waals surface area contributed by atoms with Crippen molar-refractivity contribution >= 4 is 28.3 Å². The fourth-order valence-electron chi connectivity index (χ4n) is 1.55. The summed E-state index contributed by atoms with van der Waals surface area (Å²) in [4.78, 5) is 19.3. The Kier molecular flexibility index (Phi) is 4.36. The molecule has 0 saturated carbocycles. The van der Waals surface area contributed by atoms with E-state index in [0.717, 1.165) is 5.76 Å². The minimum Gasteiger partial charge on any atom is -0.459 e. The predicted octanol–water partition coefficient (Wildman–Crippen LogP) is 0.987. The van der Waals surface area contributed by atoms with Gasteiger partial charge in [0.25, 0.3) is 0 Å². The molecule has 0 aliphatic rings. The van der Waals surface area contributed by atoms with Gasteiger partial charge in [-0.25, -0.2) is 4.98 Å². The molecule has 0 unspecified atom stereocenters. The molecule has 7 nitrogen and oxygen atoms in total. The van der Waals surface area contributed by atoms with Crippen molar-refractivity contribution in [3.05, 3.63) is 23.3 Å². The van der Waals surface area contributed by atoms with Gasteiger partial charge in [0.15, 0.2) is 11.7 Å². The highest BCUT2D eigenvalue weighted by Gasteiger charge is 2.10. The quantitative estimate of drug-likeness (QED) is 0.561. The third kappa shape index (κ3) is 3.58. The normalized spacial score (nSPS) is 10.2. The Bertz CT molecular complexity index is 627. The van der Waals surface area contributed by atoms with Gasteiger partial charge < -0.3 is 21.2 Å². The zero-order valence-corrected chi connectivity index (χ0v) is 11.7. The molecule has 106 valence electrons. The first-order chi connectivity index (χ1) is 9.58. The van der Waals surface area contributed by atoms with Gasteiger partial charge in [0.1, 0.15) is 11.5 Å². The van der Waals surface area contributed by atoms with Gasteiger partial charge in [-0.05, 0) is 12.1 Å². The lowest BCUT2D eigenvalue weighted by molar-refractivity contribution is -0.120. The Balaban J connectivity index is 2.06. The Morgan fingerprint density at radius 2 is 2.30 bits per heavy atom. The maximum Gasteiger partial charge on any atom is 0.220 e. The lowest BCUT2D eigenvalue weighted by Gasteiger charge is -1.96. The van der Waals surface area contributed by atoms with E-state index < -0.39 is 0 Å². The van der Waals surface area contributed by atoms with Crippen molar-refractivity contribution in [1.29, 1.82) is 0 Å². The van der Waals surface area contributed by atoms with Crippen LogP contribution in [0.1, 0.15) is 12.2 Å². The van der Waals surface area contributed by atoms with Gasteiger partial charge in [-0.1, -0.05) is 0 Å². The number of hydrogen-bond acceptors (Lipinski definition) is 5. The van der Waals surface area contributed by atoms with Crippen molar-refractivity contribution in [3.8, 4) is 11.5 Å². The molecule has 0 spiro atoms. The number of carbonyl (C=O) groups is 1. The lowest BCUT2D eigenvalue weighted by atomic mass is 10.2. The standard InChI is InChI=1S/C12H15N5O2S/c1-15-10(18)5-3-7-2-4-9(19-7)8-6-20-12(16-8)17-11(13)14/h2,4,6H,3,5H2,1H3,(H,15,18)(H4,13,14,16,17). The Morgan fingerprint density at radius 3 is 3.00 bits per heavy atom. The van der Waals surface area contributed by atoms with Crippen LogP contribution in [0.15, 0.2) is 26.9 Å². The molecular formula is C12H15N5O2S. The average Bonchev–Trinajstić information content (AvgIpc) is 3.03. The highest BCUT2D eigenvalue weighted by atomic mass is 32.1. The summed E-state index contributed by atoms with van der Waals surface area (Å²) in [5.41, 5.74) is 11.2. The highest BCUT2D eigenvalue weighted by Crippen LogP contribution is 2.28. The summed E-state index contributed by atoms with van der Waals surface area (Å²) in [5.74, 6) is 1.31. The van der Waals surface area contributed by atoms with Crippen LogP contribution >= 0.6 is 11.3 Å². The van der Waals surface area contributed by atoms with E-state index in [-0.39, 0.29) is 11.9 Å². The molecular weight excluding hydrogens is 278 g/mol. The molecule has 0 aliphatic carbocycles. The van der Waals surface area contributed by atoms with E-state index in [9.17, 15) is 4.79 Å². The molecule has 8 heteroatoms. The van der Waals surface area contributed by atoms with Crippen molar-refractivity contribution in [1.82, 2.24) is 10.3 Å². The number of amides is 1. The predicted molar refractivity (Wildman–Crippen MR) is 77.7 cm³/mol. The maximum atomic E-state index is 11.2. The molecule has 0 fully saturated rings. The third-order valence-electron chi connectivity index (χ3n) is 2.51. The average molecular weight is 293 g/mol. The Hall–Kier alpha value is -2.35. The molecule has 0 aliphatic heterocycles. The number of rotatable bonds is 5. The SMILES string of the molecule is CNC(=O)CCc1ccc(-c2csc(N=C(N)N)n2)o1. The summed E-state index contributed by atoms with van der Waals surface area (Å²) in [6.07, 6.45) is 0.935. The zero-order chi connectivity index (χ0) is 14.5. The molecule has 0 atom stereocenters. The lowest BCUT2D eigenvalue weighted by Crippen LogP contribution is -2.21. The molecule has 0 aromatic carbocycles. The summed E-state index contributed by atoms with van der Waals surface area (Å²) in [6, 6.07) is 3.64. The van der Waals surface area contributed by atoms with E-state index in [2.05, 4.69) is 15.3 Å². The van der Waals surface area contributed by atoms with Crippen molar-refractivity contribution in [2.75, 3.05) is 7.05 Å². The van der Waals surface area contributed by atoms with Crippen LogP contribution in [0.3, 0.4) is 0 Å². The van der Waals surface area contributed by atoms with E-state index >= 15 is 0 Å². The van der Waals surface area contributed by atoms with Crippen molar-refractivity contribution < 1.29 is 9.21 Å². The molecule has 20 heavy (non-hydrogen) atoms. The summed E-state index contributed by atoms with van der Waals surface area (Å²) in [6.45, 7) is 0. The van der Waals surface area contributed by atoms with Crippen LogP contribution in [-0.2, 0) is 11.2 Å². The van der Waals surface area contributed by atoms with Gasteiger partial charge in [0, 0.05) is 25.3 Å². The molecule has 2 heterocycles. The first-order valence-electron chi connectivity index (χ1n) is 5.93. The monoisotopic (exact) mass is 293 g/mol. The second kappa shape index (κ2) is 6.20. The van der Waals surface area contributed by atoms with Gasteiger partial charge in [0.2, 0.25) is 11.0 Å². The van der Waals surface area contributed by atoms with Crippen LogP contribution < -0.4 is 16.8 Å². The number of hydrogen-bond donors (Lipinski definition) is 3. The van der Waals surface area contributed by atoms with E-state index in [1.54, 1.807) is 7.05 Å². The largest absolute Gasteiger partial charge is 0.459 e. The van der Waals surface area contributed by atoms with Crippen LogP contribution in [0, 0.1) is 0 Å². The zero-order valence-electron chi connectivity index (χ0n) is 10.9. The summed E-state index contributed by atoms with van der Waals surface area (Å²) in [5, 5.41) is 4.85.